The van der Waals surface area contributed by atoms with Crippen LogP contribution in [0, 0.1) is 5.82 Å². The molecule has 7 nitrogen and oxygen atoms in total. The largest absolute Gasteiger partial charge is 0.385 e. The van der Waals surface area contributed by atoms with Gasteiger partial charge >= 0.3 is 6.03 Å². The van der Waals surface area contributed by atoms with Crippen LogP contribution in [0.3, 0.4) is 0 Å². The average Bonchev–Trinajstić information content (AvgIpc) is 3.17. The number of nitrogens with one attached hydrogen (secondary N) is 1. The van der Waals surface area contributed by atoms with E-state index in [1.54, 1.807) is 19.2 Å². The Labute approximate surface area is 164 Å². The molecule has 0 aliphatic carbocycles. The van der Waals surface area contributed by atoms with Gasteiger partial charge in [-0.1, -0.05) is 5.16 Å². The van der Waals surface area contributed by atoms with Crippen molar-refractivity contribution in [3.63, 3.8) is 0 Å². The summed E-state index contributed by atoms with van der Waals surface area (Å²) >= 11 is 0. The van der Waals surface area contributed by atoms with E-state index < -0.39 is 5.41 Å². The van der Waals surface area contributed by atoms with Crippen LogP contribution in [-0.4, -0.2) is 53.9 Å². The van der Waals surface area contributed by atoms with Crippen LogP contribution in [0.4, 0.5) is 9.18 Å². The Hall–Kier alpha value is -2.48. The summed E-state index contributed by atoms with van der Waals surface area (Å²) < 4.78 is 24.0. The summed E-state index contributed by atoms with van der Waals surface area (Å²) in [5, 5.41) is 7.17. The van der Waals surface area contributed by atoms with Crippen molar-refractivity contribution < 1.29 is 18.4 Å². The number of methoxy groups -OCH3 is 1. The molecule has 1 N–H and O–H groups in total. The lowest BCUT2D eigenvalue weighted by Gasteiger charge is -2.41. The first-order valence-electron chi connectivity index (χ1n) is 9.58. The number of aromatic nitrogens is 2. The molecule has 1 atom stereocenters. The Morgan fingerprint density at radius 1 is 1.39 bits per heavy atom. The second-order valence-electron chi connectivity index (χ2n) is 7.58. The zero-order valence-electron chi connectivity index (χ0n) is 16.6. The van der Waals surface area contributed by atoms with E-state index in [9.17, 15) is 9.18 Å². The van der Waals surface area contributed by atoms with Crippen molar-refractivity contribution in [3.8, 4) is 11.5 Å². The van der Waals surface area contributed by atoms with Gasteiger partial charge < -0.3 is 19.5 Å². The molecule has 1 aromatic carbocycles. The summed E-state index contributed by atoms with van der Waals surface area (Å²) in [6, 6.07) is 5.92. The Kier molecular flexibility index (Phi) is 6.28. The highest BCUT2D eigenvalue weighted by molar-refractivity contribution is 5.74. The summed E-state index contributed by atoms with van der Waals surface area (Å²) in [6.07, 6.45) is 2.36. The molecule has 0 saturated carbocycles. The molecule has 0 radical (unpaired) electrons. The molecule has 8 heteroatoms. The Morgan fingerprint density at radius 2 is 2.14 bits per heavy atom. The van der Waals surface area contributed by atoms with E-state index >= 15 is 0 Å². The molecular formula is C20H27FN4O3. The number of rotatable bonds is 6. The number of hydrogen-bond donors (Lipinski definition) is 1. The number of hydrogen-bond acceptors (Lipinski definition) is 5. The van der Waals surface area contributed by atoms with Gasteiger partial charge in [-0.2, -0.15) is 4.98 Å². The number of carbonyl (C=O) groups is 1. The fourth-order valence-corrected chi connectivity index (χ4v) is 3.59. The summed E-state index contributed by atoms with van der Waals surface area (Å²) in [5.74, 6) is 0.584. The third kappa shape index (κ3) is 4.49. The molecule has 1 aromatic heterocycles. The maximum atomic E-state index is 13.2. The zero-order chi connectivity index (χ0) is 20.1. The number of piperidine rings is 1. The molecule has 0 bridgehead atoms. The van der Waals surface area contributed by atoms with E-state index in [0.717, 1.165) is 12.8 Å². The van der Waals surface area contributed by atoms with Crippen LogP contribution in [-0.2, 0) is 10.2 Å². The normalized spacial score (nSPS) is 19.8. The van der Waals surface area contributed by atoms with Crippen molar-refractivity contribution >= 4 is 6.03 Å². The molecule has 1 fully saturated rings. The van der Waals surface area contributed by atoms with Crippen LogP contribution >= 0.6 is 0 Å². The molecular weight excluding hydrogens is 363 g/mol. The first kappa shape index (κ1) is 20.3. The second kappa shape index (κ2) is 8.68. The van der Waals surface area contributed by atoms with Gasteiger partial charge in [-0.05, 0) is 57.4 Å². The van der Waals surface area contributed by atoms with Crippen LogP contribution in [0.5, 0.6) is 0 Å². The molecule has 28 heavy (non-hydrogen) atoms. The van der Waals surface area contributed by atoms with Crippen LogP contribution in [0.1, 0.15) is 38.9 Å². The highest BCUT2D eigenvalue weighted by atomic mass is 19.1. The summed E-state index contributed by atoms with van der Waals surface area (Å²) in [7, 11) is 1.65. The van der Waals surface area contributed by atoms with Gasteiger partial charge in [0.15, 0.2) is 5.82 Å². The average molecular weight is 390 g/mol. The van der Waals surface area contributed by atoms with Crippen molar-refractivity contribution in [1.29, 1.82) is 0 Å². The summed E-state index contributed by atoms with van der Waals surface area (Å²) in [5.41, 5.74) is 0.219. The quantitative estimate of drug-likeness (QED) is 0.818. The van der Waals surface area contributed by atoms with Crippen LogP contribution < -0.4 is 5.32 Å². The minimum absolute atomic E-state index is 0.0676. The topological polar surface area (TPSA) is 80.5 Å². The molecule has 1 saturated heterocycles. The van der Waals surface area contributed by atoms with E-state index in [1.165, 1.54) is 12.1 Å². The van der Waals surface area contributed by atoms with E-state index in [4.69, 9.17) is 9.26 Å². The van der Waals surface area contributed by atoms with E-state index in [1.807, 2.05) is 18.7 Å². The van der Waals surface area contributed by atoms with Gasteiger partial charge in [0.2, 0.25) is 0 Å². The lowest BCUT2D eigenvalue weighted by Crippen LogP contribution is -2.53. The molecule has 1 aliphatic rings. The van der Waals surface area contributed by atoms with Gasteiger partial charge in [-0.15, -0.1) is 0 Å². The van der Waals surface area contributed by atoms with E-state index in [-0.39, 0.29) is 17.9 Å². The van der Waals surface area contributed by atoms with Gasteiger partial charge in [-0.3, -0.25) is 0 Å². The maximum Gasteiger partial charge on any atom is 0.317 e. The number of carbonyl (C=O) groups excluding carboxylic acids is 1. The number of amides is 2. The third-order valence-corrected chi connectivity index (χ3v) is 5.05. The smallest absolute Gasteiger partial charge is 0.317 e. The molecule has 1 aliphatic heterocycles. The monoisotopic (exact) mass is 390 g/mol. The SMILES string of the molecule is COCCC1(c2noc(-c3ccc(F)cc3)n2)CCCN(C(=O)NC(C)C)C1. The first-order valence-corrected chi connectivity index (χ1v) is 9.58. The number of ether oxygens (including phenoxy) is 1. The third-order valence-electron chi connectivity index (χ3n) is 5.05. The van der Waals surface area contributed by atoms with Gasteiger partial charge in [0.25, 0.3) is 5.89 Å². The van der Waals surface area contributed by atoms with Crippen molar-refractivity contribution in [2.75, 3.05) is 26.8 Å². The van der Waals surface area contributed by atoms with Crippen molar-refractivity contribution in [3.05, 3.63) is 35.9 Å². The van der Waals surface area contributed by atoms with Gasteiger partial charge in [-0.25, -0.2) is 9.18 Å². The zero-order valence-corrected chi connectivity index (χ0v) is 16.6. The number of benzene rings is 1. The fraction of sp³-hybridized carbons (Fsp3) is 0.550. The highest BCUT2D eigenvalue weighted by Crippen LogP contribution is 2.36. The van der Waals surface area contributed by atoms with Crippen molar-refractivity contribution in [1.82, 2.24) is 20.4 Å². The molecule has 2 aromatic rings. The number of likely N-dealkylation sites (tertiary alicyclic amines) is 1. The minimum atomic E-state index is -0.440. The van der Waals surface area contributed by atoms with Gasteiger partial charge in [0.05, 0.1) is 5.41 Å². The molecule has 3 rings (SSSR count). The lowest BCUT2D eigenvalue weighted by atomic mass is 9.76. The Morgan fingerprint density at radius 3 is 2.82 bits per heavy atom. The molecule has 1 unspecified atom stereocenters. The summed E-state index contributed by atoms with van der Waals surface area (Å²) in [4.78, 5) is 19.0. The molecule has 2 amide bonds. The summed E-state index contributed by atoms with van der Waals surface area (Å²) in [6.45, 7) is 5.59. The van der Waals surface area contributed by atoms with Crippen LogP contribution in [0.25, 0.3) is 11.5 Å². The molecule has 0 spiro atoms. The minimum Gasteiger partial charge on any atom is -0.385 e. The van der Waals surface area contributed by atoms with E-state index in [0.29, 0.717) is 43.4 Å². The molecule has 152 valence electrons. The van der Waals surface area contributed by atoms with E-state index in [2.05, 4.69) is 15.5 Å². The van der Waals surface area contributed by atoms with Crippen LogP contribution in [0.2, 0.25) is 0 Å². The van der Waals surface area contributed by atoms with Crippen molar-refractivity contribution in [2.24, 2.45) is 0 Å². The first-order chi connectivity index (χ1) is 13.4. The molecule has 2 heterocycles. The second-order valence-corrected chi connectivity index (χ2v) is 7.58. The lowest BCUT2D eigenvalue weighted by molar-refractivity contribution is 0.106. The van der Waals surface area contributed by atoms with Gasteiger partial charge in [0.1, 0.15) is 5.82 Å². The Bertz CT molecular complexity index is 793. The predicted octanol–water partition coefficient (Wildman–Crippen LogP) is 3.36. The fourth-order valence-electron chi connectivity index (χ4n) is 3.59. The van der Waals surface area contributed by atoms with Crippen LogP contribution in [0.15, 0.2) is 28.8 Å². The number of nitrogens with zero attached hydrogens (tertiary/aromatic N) is 3. The standard InChI is InChI=1S/C20H27FN4O3/c1-14(2)22-19(26)25-11-4-9-20(13-25,10-12-27-3)18-23-17(28-24-18)15-5-7-16(21)8-6-15/h5-8,14H,4,9-13H2,1-3H3,(H,22,26). The number of halogens is 1. The Balaban J connectivity index is 1.87. The highest BCUT2D eigenvalue weighted by Gasteiger charge is 2.42. The maximum absolute atomic E-state index is 13.2. The number of urea groups is 1. The van der Waals surface area contributed by atoms with Crippen molar-refractivity contribution in [2.45, 2.75) is 44.6 Å². The van der Waals surface area contributed by atoms with Gasteiger partial charge in [0, 0.05) is 38.4 Å². The predicted molar refractivity (Wildman–Crippen MR) is 102 cm³/mol.